The Labute approximate surface area is 289 Å². The van der Waals surface area contributed by atoms with Gasteiger partial charge in [-0.1, -0.05) is 102 Å². The second-order valence-electron chi connectivity index (χ2n) is 16.8. The molecule has 3 fully saturated rings. The van der Waals surface area contributed by atoms with E-state index >= 15 is 0 Å². The zero-order valence-electron chi connectivity index (χ0n) is 30.0. The highest BCUT2D eigenvalue weighted by atomic mass is 16.5. The van der Waals surface area contributed by atoms with E-state index in [9.17, 15) is 4.79 Å². The first-order valence-corrected chi connectivity index (χ1v) is 19.0. The topological polar surface area (TPSA) is 52.1 Å². The van der Waals surface area contributed by atoms with Crippen molar-refractivity contribution in [2.24, 2.45) is 46.3 Å². The van der Waals surface area contributed by atoms with E-state index in [0.717, 1.165) is 71.7 Å². The monoisotopic (exact) mass is 644 g/mol. The van der Waals surface area contributed by atoms with Crippen molar-refractivity contribution >= 4 is 5.97 Å². The number of ether oxygens (including phenoxy) is 1. The van der Waals surface area contributed by atoms with Crippen molar-refractivity contribution < 1.29 is 9.53 Å². The molecule has 3 saturated carbocycles. The number of pyridine rings is 2. The molecule has 4 aliphatic rings. The Morgan fingerprint density at radius 1 is 0.875 bits per heavy atom. The molecule has 0 radical (unpaired) electrons. The smallest absolute Gasteiger partial charge is 0.338 e. The van der Waals surface area contributed by atoms with Crippen LogP contribution in [0.25, 0.3) is 22.6 Å². The molecule has 4 nitrogen and oxygen atoms in total. The highest BCUT2D eigenvalue weighted by Gasteiger charge is 2.59. The number of allylic oxidation sites excluding steroid dienone is 1. The van der Waals surface area contributed by atoms with E-state index in [1.54, 1.807) is 11.8 Å². The molecule has 3 aromatic rings. The number of rotatable bonds is 9. The molecule has 0 bridgehead atoms. The molecule has 4 aliphatic carbocycles. The number of hydrogen-bond donors (Lipinski definition) is 0. The van der Waals surface area contributed by atoms with Crippen LogP contribution in [-0.2, 0) is 4.74 Å². The molecule has 254 valence electrons. The Morgan fingerprint density at radius 3 is 2.44 bits per heavy atom. The fraction of sp³-hybridized carbons (Fsp3) is 0.568. The largest absolute Gasteiger partial charge is 0.458 e. The number of esters is 1. The van der Waals surface area contributed by atoms with Crippen LogP contribution in [0.3, 0.4) is 0 Å². The average Bonchev–Trinajstić information content (AvgIpc) is 3.46. The second-order valence-corrected chi connectivity index (χ2v) is 16.8. The van der Waals surface area contributed by atoms with Crippen molar-refractivity contribution in [2.45, 2.75) is 111 Å². The van der Waals surface area contributed by atoms with E-state index in [1.165, 1.54) is 51.4 Å². The van der Waals surface area contributed by atoms with Crippen molar-refractivity contribution in [1.29, 1.82) is 0 Å². The molecule has 2 heterocycles. The maximum atomic E-state index is 13.8. The van der Waals surface area contributed by atoms with Gasteiger partial charge in [-0.25, -0.2) is 9.78 Å². The van der Waals surface area contributed by atoms with Crippen LogP contribution in [-0.4, -0.2) is 22.0 Å². The van der Waals surface area contributed by atoms with Gasteiger partial charge in [0.05, 0.1) is 22.6 Å². The molecule has 0 amide bonds. The summed E-state index contributed by atoms with van der Waals surface area (Å²) in [5, 5.41) is 0. The SMILES string of the molecule is CC(C)CCC[C@@H](C)[C@H]1CC[C@H]2[C@@H]3CC=C4C[C@@H](OC(=O)c5cc(-c6ccccc6)nc(-c6ccccn6)c5)CC[C@]4(C)[C@H]3CC[C@]12C. The van der Waals surface area contributed by atoms with E-state index in [4.69, 9.17) is 9.72 Å². The van der Waals surface area contributed by atoms with Gasteiger partial charge in [0.15, 0.2) is 0 Å². The number of aromatic nitrogens is 2. The number of benzene rings is 1. The van der Waals surface area contributed by atoms with Gasteiger partial charge in [0.2, 0.25) is 0 Å². The third-order valence-corrected chi connectivity index (χ3v) is 13.6. The van der Waals surface area contributed by atoms with Crippen molar-refractivity contribution in [2.75, 3.05) is 0 Å². The summed E-state index contributed by atoms with van der Waals surface area (Å²) in [5.74, 6) is 4.71. The number of hydrogen-bond acceptors (Lipinski definition) is 4. The Hall–Kier alpha value is -3.27. The summed E-state index contributed by atoms with van der Waals surface area (Å²) in [7, 11) is 0. The van der Waals surface area contributed by atoms with Crippen molar-refractivity contribution in [3.63, 3.8) is 0 Å². The highest BCUT2D eigenvalue weighted by molar-refractivity contribution is 5.92. The normalized spacial score (nSPS) is 31.7. The van der Waals surface area contributed by atoms with Gasteiger partial charge in [0.1, 0.15) is 6.10 Å². The molecular formula is C44H56N2O2. The molecule has 48 heavy (non-hydrogen) atoms. The average molecular weight is 645 g/mol. The Bertz CT molecular complexity index is 1560. The molecule has 4 heteroatoms. The number of carbonyl (C=O) groups is 1. The van der Waals surface area contributed by atoms with Crippen LogP contribution in [0.2, 0.25) is 0 Å². The van der Waals surface area contributed by atoms with Gasteiger partial charge in [-0.3, -0.25) is 4.98 Å². The lowest BCUT2D eigenvalue weighted by atomic mass is 9.47. The fourth-order valence-corrected chi connectivity index (χ4v) is 11.0. The van der Waals surface area contributed by atoms with Gasteiger partial charge in [0, 0.05) is 18.2 Å². The molecule has 0 unspecified atom stereocenters. The quantitative estimate of drug-likeness (QED) is 0.172. The standard InChI is InChI=1S/C44H56N2O2/c1-29(2)12-11-13-30(3)36-19-20-37-35-18-17-33-28-34(21-23-43(33,4)38(35)22-24-44(36,37)5)48-42(47)32-26-40(31-14-7-6-8-15-31)46-41(27-32)39-16-9-10-25-45-39/h6-10,14-17,25-27,29-30,34-38H,11-13,18-24,28H2,1-5H3/t30-,34+,35+,36-,37+,38+,43+,44-/m1/s1. The lowest BCUT2D eigenvalue weighted by Crippen LogP contribution is -2.51. The van der Waals surface area contributed by atoms with Crippen LogP contribution in [0, 0.1) is 46.3 Å². The van der Waals surface area contributed by atoms with Gasteiger partial charge < -0.3 is 4.74 Å². The Kier molecular flexibility index (Phi) is 9.39. The number of carbonyl (C=O) groups excluding carboxylic acids is 1. The predicted octanol–water partition coefficient (Wildman–Crippen LogP) is 11.4. The molecule has 1 aromatic carbocycles. The van der Waals surface area contributed by atoms with Gasteiger partial charge >= 0.3 is 5.97 Å². The lowest BCUT2D eigenvalue weighted by molar-refractivity contribution is -0.0594. The van der Waals surface area contributed by atoms with Gasteiger partial charge in [-0.15, -0.1) is 0 Å². The molecule has 0 saturated heterocycles. The maximum absolute atomic E-state index is 13.8. The Balaban J connectivity index is 1.05. The summed E-state index contributed by atoms with van der Waals surface area (Å²) in [6.07, 6.45) is 18.2. The van der Waals surface area contributed by atoms with Crippen molar-refractivity contribution in [1.82, 2.24) is 9.97 Å². The van der Waals surface area contributed by atoms with Gasteiger partial charge in [0.25, 0.3) is 0 Å². The third kappa shape index (κ3) is 6.29. The zero-order valence-corrected chi connectivity index (χ0v) is 30.0. The van der Waals surface area contributed by atoms with E-state index < -0.39 is 0 Å². The first-order chi connectivity index (χ1) is 23.2. The maximum Gasteiger partial charge on any atom is 0.338 e. The molecule has 7 rings (SSSR count). The lowest BCUT2D eigenvalue weighted by Gasteiger charge is -2.58. The molecule has 8 atom stereocenters. The summed E-state index contributed by atoms with van der Waals surface area (Å²) in [4.78, 5) is 23.2. The van der Waals surface area contributed by atoms with Crippen LogP contribution < -0.4 is 0 Å². The van der Waals surface area contributed by atoms with E-state index in [1.807, 2.05) is 60.7 Å². The highest BCUT2D eigenvalue weighted by Crippen LogP contribution is 2.67. The second kappa shape index (κ2) is 13.6. The first-order valence-electron chi connectivity index (χ1n) is 19.0. The van der Waals surface area contributed by atoms with Crippen LogP contribution in [0.4, 0.5) is 0 Å². The van der Waals surface area contributed by atoms with Gasteiger partial charge in [-0.05, 0) is 116 Å². The van der Waals surface area contributed by atoms with Crippen LogP contribution in [0.1, 0.15) is 116 Å². The van der Waals surface area contributed by atoms with Crippen molar-refractivity contribution in [3.05, 3.63) is 84.1 Å². The third-order valence-electron chi connectivity index (χ3n) is 13.6. The minimum absolute atomic E-state index is 0.0866. The summed E-state index contributed by atoms with van der Waals surface area (Å²) >= 11 is 0. The zero-order chi connectivity index (χ0) is 33.5. The summed E-state index contributed by atoms with van der Waals surface area (Å²) < 4.78 is 6.33. The predicted molar refractivity (Wildman–Crippen MR) is 195 cm³/mol. The molecule has 0 aliphatic heterocycles. The number of nitrogens with zero attached hydrogens (tertiary/aromatic N) is 2. The Morgan fingerprint density at radius 2 is 1.67 bits per heavy atom. The summed E-state index contributed by atoms with van der Waals surface area (Å²) in [6.45, 7) is 12.5. The molecule has 0 spiro atoms. The molecule has 0 N–H and O–H groups in total. The summed E-state index contributed by atoms with van der Waals surface area (Å²) in [5.41, 5.74) is 5.99. The van der Waals surface area contributed by atoms with Crippen LogP contribution >= 0.6 is 0 Å². The minimum atomic E-state index is -0.261. The van der Waals surface area contributed by atoms with Crippen molar-refractivity contribution in [3.8, 4) is 22.6 Å². The summed E-state index contributed by atoms with van der Waals surface area (Å²) in [6, 6.07) is 19.5. The first kappa shape index (κ1) is 33.2. The fourth-order valence-electron chi connectivity index (χ4n) is 11.0. The van der Waals surface area contributed by atoms with E-state index in [0.29, 0.717) is 16.7 Å². The number of fused-ring (bicyclic) bond motifs is 5. The molecule has 2 aromatic heterocycles. The van der Waals surface area contributed by atoms with Crippen LogP contribution in [0.15, 0.2) is 78.5 Å². The molecular weight excluding hydrogens is 588 g/mol. The van der Waals surface area contributed by atoms with E-state index in [2.05, 4.69) is 45.7 Å². The van der Waals surface area contributed by atoms with Crippen LogP contribution in [0.5, 0.6) is 0 Å². The minimum Gasteiger partial charge on any atom is -0.458 e. The van der Waals surface area contributed by atoms with Gasteiger partial charge in [-0.2, -0.15) is 0 Å². The van der Waals surface area contributed by atoms with E-state index in [-0.39, 0.29) is 17.5 Å².